The highest BCUT2D eigenvalue weighted by molar-refractivity contribution is 7.99. The molecule has 8 heteroatoms. The molecule has 2 heterocycles. The zero-order chi connectivity index (χ0) is 21.8. The zero-order valence-corrected chi connectivity index (χ0v) is 17.9. The Bertz CT molecular complexity index is 910. The van der Waals surface area contributed by atoms with Gasteiger partial charge in [-0.2, -0.15) is 0 Å². The van der Waals surface area contributed by atoms with Crippen molar-refractivity contribution >= 4 is 24.0 Å². The molecule has 2 aromatic carbocycles. The fourth-order valence-electron chi connectivity index (χ4n) is 3.87. The molecular formula is C23H25NO6S. The standard InChI is InChI=1S/C23H25NO6S/c1-2-31-23-18(24-21(27)16-11-7-6-10-15(16)12-25)19(26)20-17(29-23)13-28-22(30-20)14-8-4-3-5-9-14/h3-12,17-20,22-23,26H,2,13H2,1H3,(H,24,27)/t17?,18-,19?,20-,22?,23+/m1/s1. The summed E-state index contributed by atoms with van der Waals surface area (Å²) in [6.45, 7) is 2.25. The Balaban J connectivity index is 1.54. The maximum atomic E-state index is 12.9. The first-order chi connectivity index (χ1) is 15.1. The van der Waals surface area contributed by atoms with E-state index in [1.54, 1.807) is 24.3 Å². The Hall–Kier alpha value is -2.23. The van der Waals surface area contributed by atoms with Gasteiger partial charge in [0.15, 0.2) is 12.6 Å². The molecule has 31 heavy (non-hydrogen) atoms. The number of benzene rings is 2. The number of hydrogen-bond donors (Lipinski definition) is 2. The van der Waals surface area contributed by atoms with Gasteiger partial charge >= 0.3 is 0 Å². The molecule has 0 bridgehead atoms. The minimum absolute atomic E-state index is 0.252. The van der Waals surface area contributed by atoms with Gasteiger partial charge in [0, 0.05) is 16.7 Å². The Morgan fingerprint density at radius 3 is 2.65 bits per heavy atom. The molecule has 0 aliphatic carbocycles. The summed E-state index contributed by atoms with van der Waals surface area (Å²) in [4.78, 5) is 24.2. The first kappa shape index (κ1) is 22.0. The van der Waals surface area contributed by atoms with Crippen LogP contribution in [0.2, 0.25) is 0 Å². The second kappa shape index (κ2) is 9.93. The van der Waals surface area contributed by atoms with Gasteiger partial charge in [-0.1, -0.05) is 55.5 Å². The molecule has 2 fully saturated rings. The minimum Gasteiger partial charge on any atom is -0.388 e. The molecule has 3 unspecified atom stereocenters. The van der Waals surface area contributed by atoms with E-state index >= 15 is 0 Å². The smallest absolute Gasteiger partial charge is 0.252 e. The molecule has 0 radical (unpaired) electrons. The van der Waals surface area contributed by atoms with Crippen molar-refractivity contribution in [1.82, 2.24) is 5.32 Å². The summed E-state index contributed by atoms with van der Waals surface area (Å²) >= 11 is 1.49. The fourth-order valence-corrected chi connectivity index (χ4v) is 4.85. The summed E-state index contributed by atoms with van der Waals surface area (Å²) in [5.41, 5.74) is 0.908. The fraction of sp³-hybridized carbons (Fsp3) is 0.391. The van der Waals surface area contributed by atoms with E-state index in [9.17, 15) is 14.7 Å². The van der Waals surface area contributed by atoms with Crippen LogP contribution in [0, 0.1) is 0 Å². The molecular weight excluding hydrogens is 418 g/mol. The largest absolute Gasteiger partial charge is 0.388 e. The number of nitrogens with one attached hydrogen (secondary N) is 1. The Kier molecular flexibility index (Phi) is 7.04. The Labute approximate surface area is 185 Å². The highest BCUT2D eigenvalue weighted by Crippen LogP contribution is 2.36. The molecule has 164 valence electrons. The van der Waals surface area contributed by atoms with Crippen molar-refractivity contribution in [2.45, 2.75) is 43.0 Å². The molecule has 2 N–H and O–H groups in total. The van der Waals surface area contributed by atoms with E-state index in [-0.39, 0.29) is 17.7 Å². The number of fused-ring (bicyclic) bond motifs is 1. The lowest BCUT2D eigenvalue weighted by molar-refractivity contribution is -0.306. The quantitative estimate of drug-likeness (QED) is 0.663. The predicted octanol–water partition coefficient (Wildman–Crippen LogP) is 2.55. The lowest BCUT2D eigenvalue weighted by Crippen LogP contribution is -2.65. The summed E-state index contributed by atoms with van der Waals surface area (Å²) in [7, 11) is 0. The van der Waals surface area contributed by atoms with E-state index in [0.717, 1.165) is 11.3 Å². The van der Waals surface area contributed by atoms with E-state index < -0.39 is 42.0 Å². The van der Waals surface area contributed by atoms with Crippen LogP contribution in [0.15, 0.2) is 54.6 Å². The number of carbonyl (C=O) groups excluding carboxylic acids is 2. The number of ether oxygens (including phenoxy) is 3. The Morgan fingerprint density at radius 2 is 1.90 bits per heavy atom. The molecule has 2 saturated heterocycles. The van der Waals surface area contributed by atoms with Crippen LogP contribution in [-0.2, 0) is 14.2 Å². The van der Waals surface area contributed by atoms with Crippen molar-refractivity contribution in [3.8, 4) is 0 Å². The van der Waals surface area contributed by atoms with E-state index in [0.29, 0.717) is 6.29 Å². The van der Waals surface area contributed by atoms with Crippen molar-refractivity contribution in [3.63, 3.8) is 0 Å². The average molecular weight is 444 g/mol. The highest BCUT2D eigenvalue weighted by Gasteiger charge is 2.49. The lowest BCUT2D eigenvalue weighted by atomic mass is 9.96. The minimum atomic E-state index is -1.01. The van der Waals surface area contributed by atoms with Gasteiger partial charge < -0.3 is 24.6 Å². The summed E-state index contributed by atoms with van der Waals surface area (Å²) in [6, 6.07) is 15.3. The third-order valence-electron chi connectivity index (χ3n) is 5.40. The maximum absolute atomic E-state index is 12.9. The molecule has 1 amide bonds. The van der Waals surface area contributed by atoms with Crippen LogP contribution in [0.4, 0.5) is 0 Å². The van der Waals surface area contributed by atoms with Gasteiger partial charge in [0.1, 0.15) is 23.7 Å². The van der Waals surface area contributed by atoms with Gasteiger partial charge in [-0.05, 0) is 11.8 Å². The molecule has 6 atom stereocenters. The van der Waals surface area contributed by atoms with E-state index in [1.807, 2.05) is 37.3 Å². The summed E-state index contributed by atoms with van der Waals surface area (Å²) in [5.74, 6) is 0.294. The van der Waals surface area contributed by atoms with Crippen molar-refractivity contribution in [1.29, 1.82) is 0 Å². The topological polar surface area (TPSA) is 94.1 Å². The van der Waals surface area contributed by atoms with E-state index in [4.69, 9.17) is 14.2 Å². The molecule has 7 nitrogen and oxygen atoms in total. The lowest BCUT2D eigenvalue weighted by Gasteiger charge is -2.48. The van der Waals surface area contributed by atoms with Crippen LogP contribution < -0.4 is 5.32 Å². The second-order valence-corrected chi connectivity index (χ2v) is 8.75. The highest BCUT2D eigenvalue weighted by atomic mass is 32.2. The first-order valence-corrected chi connectivity index (χ1v) is 11.3. The van der Waals surface area contributed by atoms with Crippen molar-refractivity contribution in [3.05, 3.63) is 71.3 Å². The summed E-state index contributed by atoms with van der Waals surface area (Å²) < 4.78 is 18.1. The monoisotopic (exact) mass is 443 g/mol. The van der Waals surface area contributed by atoms with Gasteiger partial charge in [0.05, 0.1) is 12.6 Å². The maximum Gasteiger partial charge on any atom is 0.252 e. The third-order valence-corrected chi connectivity index (χ3v) is 6.46. The molecule has 2 aromatic rings. The number of aldehydes is 1. The average Bonchev–Trinajstić information content (AvgIpc) is 2.82. The molecule has 2 aliphatic rings. The molecule has 0 spiro atoms. The van der Waals surface area contributed by atoms with Crippen LogP contribution in [0.25, 0.3) is 0 Å². The number of thioether (sulfide) groups is 1. The second-order valence-electron chi connectivity index (χ2n) is 7.37. The van der Waals surface area contributed by atoms with Crippen LogP contribution in [-0.4, -0.2) is 59.4 Å². The number of hydrogen-bond acceptors (Lipinski definition) is 7. The van der Waals surface area contributed by atoms with Crippen LogP contribution in [0.3, 0.4) is 0 Å². The summed E-state index contributed by atoms with van der Waals surface area (Å²) in [5, 5.41) is 14.1. The van der Waals surface area contributed by atoms with Crippen molar-refractivity contribution < 1.29 is 28.9 Å². The third kappa shape index (κ3) is 4.68. The van der Waals surface area contributed by atoms with E-state index in [1.165, 1.54) is 11.8 Å². The summed E-state index contributed by atoms with van der Waals surface area (Å²) in [6.07, 6.45) is -2.11. The van der Waals surface area contributed by atoms with Crippen molar-refractivity contribution in [2.75, 3.05) is 12.4 Å². The first-order valence-electron chi connectivity index (χ1n) is 10.2. The van der Waals surface area contributed by atoms with Crippen molar-refractivity contribution in [2.24, 2.45) is 0 Å². The van der Waals surface area contributed by atoms with Gasteiger partial charge in [0.2, 0.25) is 0 Å². The van der Waals surface area contributed by atoms with Gasteiger partial charge in [-0.25, -0.2) is 0 Å². The van der Waals surface area contributed by atoms with Crippen LogP contribution in [0.5, 0.6) is 0 Å². The number of aliphatic hydroxyl groups excluding tert-OH is 1. The SMILES string of the molecule is CCS[C@@H]1OC2COC(c3ccccc3)O[C@H]2C(O)[C@H]1NC(=O)c1ccccc1C=O. The number of rotatable bonds is 6. The molecule has 4 rings (SSSR count). The number of amides is 1. The zero-order valence-electron chi connectivity index (χ0n) is 17.0. The molecule has 2 aliphatic heterocycles. The van der Waals surface area contributed by atoms with Gasteiger partial charge in [-0.15, -0.1) is 11.8 Å². The molecule has 0 aromatic heterocycles. The number of aliphatic hydroxyl groups is 1. The molecule has 0 saturated carbocycles. The van der Waals surface area contributed by atoms with Crippen LogP contribution >= 0.6 is 11.8 Å². The van der Waals surface area contributed by atoms with E-state index in [2.05, 4.69) is 5.32 Å². The Morgan fingerprint density at radius 1 is 1.16 bits per heavy atom. The number of carbonyl (C=O) groups is 2. The predicted molar refractivity (Wildman–Crippen MR) is 116 cm³/mol. The van der Waals surface area contributed by atoms with Gasteiger partial charge in [-0.3, -0.25) is 9.59 Å². The normalized spacial score (nSPS) is 30.3. The van der Waals surface area contributed by atoms with Gasteiger partial charge in [0.25, 0.3) is 5.91 Å². The van der Waals surface area contributed by atoms with Crippen LogP contribution in [0.1, 0.15) is 39.5 Å².